The molecule has 9 heteroatoms. The summed E-state index contributed by atoms with van der Waals surface area (Å²) in [6.45, 7) is 4.48. The van der Waals surface area contributed by atoms with Crippen molar-refractivity contribution in [3.05, 3.63) is 71.5 Å². The molecule has 2 amide bonds. The molecule has 2 N–H and O–H groups in total. The maximum Gasteiger partial charge on any atom is 0.271 e. The second-order valence-electron chi connectivity index (χ2n) is 6.99. The van der Waals surface area contributed by atoms with Gasteiger partial charge < -0.3 is 15.0 Å². The number of nitrogens with one attached hydrogen (secondary N) is 2. The van der Waals surface area contributed by atoms with Crippen LogP contribution in [0.2, 0.25) is 0 Å². The molecule has 0 fully saturated rings. The van der Waals surface area contributed by atoms with Crippen molar-refractivity contribution in [1.82, 2.24) is 35.0 Å². The van der Waals surface area contributed by atoms with Crippen LogP contribution in [0.4, 0.5) is 0 Å². The predicted molar refractivity (Wildman–Crippen MR) is 111 cm³/mol. The maximum absolute atomic E-state index is 12.7. The Morgan fingerprint density at radius 2 is 2.07 bits per heavy atom. The average Bonchev–Trinajstić information content (AvgIpc) is 3.36. The van der Waals surface area contributed by atoms with Crippen LogP contribution in [0.25, 0.3) is 5.65 Å². The molecule has 9 nitrogen and oxygen atoms in total. The number of aryl methyl sites for hydroxylation is 1. The van der Waals surface area contributed by atoms with E-state index in [9.17, 15) is 9.59 Å². The fourth-order valence-corrected chi connectivity index (χ4v) is 3.29. The molecule has 0 aliphatic heterocycles. The highest BCUT2D eigenvalue weighted by Crippen LogP contribution is 2.17. The van der Waals surface area contributed by atoms with Crippen molar-refractivity contribution >= 4 is 17.5 Å². The Balaban J connectivity index is 1.48. The van der Waals surface area contributed by atoms with E-state index in [4.69, 9.17) is 0 Å². The highest BCUT2D eigenvalue weighted by atomic mass is 16.2. The van der Waals surface area contributed by atoms with Crippen LogP contribution in [0, 0.1) is 6.92 Å². The van der Waals surface area contributed by atoms with Crippen LogP contribution in [0.5, 0.6) is 0 Å². The van der Waals surface area contributed by atoms with Crippen molar-refractivity contribution in [2.75, 3.05) is 6.54 Å². The number of imidazole rings is 1. The standard InChI is InChI=1S/C21H23N7O2/c1-3-22-20(29)16-10-7-11-27-13-18(24-19(16)27)21(30)23-12-17-14(2)25-28(26-17)15-8-5-4-6-9-15/h4-8,10-11,13,15H,3,9,12H2,1-2H3,(H,22,29)(H,23,30). The molecule has 3 aromatic heterocycles. The second-order valence-corrected chi connectivity index (χ2v) is 6.99. The molecule has 30 heavy (non-hydrogen) atoms. The second kappa shape index (κ2) is 8.32. The molecule has 0 spiro atoms. The van der Waals surface area contributed by atoms with Gasteiger partial charge in [0.15, 0.2) is 5.65 Å². The molecule has 154 valence electrons. The van der Waals surface area contributed by atoms with Crippen molar-refractivity contribution in [1.29, 1.82) is 0 Å². The smallest absolute Gasteiger partial charge is 0.271 e. The highest BCUT2D eigenvalue weighted by molar-refractivity contribution is 6.01. The number of allylic oxidation sites excluding steroid dienone is 4. The zero-order valence-electron chi connectivity index (χ0n) is 16.9. The molecule has 4 rings (SSSR count). The number of nitrogens with zero attached hydrogens (tertiary/aromatic N) is 5. The number of amides is 2. The van der Waals surface area contributed by atoms with E-state index in [2.05, 4.69) is 31.9 Å². The Morgan fingerprint density at radius 3 is 2.83 bits per heavy atom. The number of carbonyl (C=O) groups excluding carboxylic acids is 2. The van der Waals surface area contributed by atoms with Gasteiger partial charge in [-0.1, -0.05) is 24.3 Å². The van der Waals surface area contributed by atoms with Crippen LogP contribution in [0.1, 0.15) is 51.6 Å². The Labute approximate surface area is 173 Å². The molecule has 1 unspecified atom stereocenters. The van der Waals surface area contributed by atoms with Gasteiger partial charge in [0.1, 0.15) is 11.4 Å². The number of fused-ring (bicyclic) bond motifs is 1. The van der Waals surface area contributed by atoms with Crippen LogP contribution in [0.15, 0.2) is 48.8 Å². The maximum atomic E-state index is 12.7. The van der Waals surface area contributed by atoms with E-state index in [1.165, 1.54) is 0 Å². The summed E-state index contributed by atoms with van der Waals surface area (Å²) >= 11 is 0. The molecular formula is C21H23N7O2. The van der Waals surface area contributed by atoms with Crippen molar-refractivity contribution in [3.63, 3.8) is 0 Å². The number of rotatable bonds is 6. The Bertz CT molecular complexity index is 1160. The fraction of sp³-hybridized carbons (Fsp3) is 0.286. The minimum atomic E-state index is -0.338. The molecular weight excluding hydrogens is 382 g/mol. The quantitative estimate of drug-likeness (QED) is 0.652. The van der Waals surface area contributed by atoms with E-state index in [1.807, 2.05) is 32.1 Å². The molecule has 1 aliphatic rings. The third-order valence-electron chi connectivity index (χ3n) is 4.86. The van der Waals surface area contributed by atoms with Gasteiger partial charge in [0, 0.05) is 18.9 Å². The molecule has 0 aromatic carbocycles. The molecule has 0 saturated carbocycles. The number of hydrogen-bond acceptors (Lipinski definition) is 5. The summed E-state index contributed by atoms with van der Waals surface area (Å²) in [5.74, 6) is -0.561. The third kappa shape index (κ3) is 3.86. The summed E-state index contributed by atoms with van der Waals surface area (Å²) in [5.41, 5.74) is 2.57. The van der Waals surface area contributed by atoms with Gasteiger partial charge in [0.2, 0.25) is 0 Å². The molecule has 0 radical (unpaired) electrons. The van der Waals surface area contributed by atoms with Crippen molar-refractivity contribution in [3.8, 4) is 0 Å². The highest BCUT2D eigenvalue weighted by Gasteiger charge is 2.18. The van der Waals surface area contributed by atoms with Crippen LogP contribution in [-0.4, -0.2) is 42.7 Å². The van der Waals surface area contributed by atoms with E-state index >= 15 is 0 Å². The summed E-state index contributed by atoms with van der Waals surface area (Å²) in [7, 11) is 0. The first-order valence-corrected chi connectivity index (χ1v) is 9.86. The van der Waals surface area contributed by atoms with Crippen LogP contribution in [-0.2, 0) is 6.54 Å². The number of aromatic nitrogens is 5. The summed E-state index contributed by atoms with van der Waals surface area (Å²) in [6, 6.07) is 3.52. The van der Waals surface area contributed by atoms with Crippen molar-refractivity contribution < 1.29 is 9.59 Å². The van der Waals surface area contributed by atoms with E-state index in [-0.39, 0.29) is 30.1 Å². The van der Waals surface area contributed by atoms with Gasteiger partial charge in [0.25, 0.3) is 11.8 Å². The molecule has 0 bridgehead atoms. The summed E-state index contributed by atoms with van der Waals surface area (Å²) < 4.78 is 1.67. The van der Waals surface area contributed by atoms with Crippen molar-refractivity contribution in [2.24, 2.45) is 0 Å². The number of carbonyl (C=O) groups is 2. The van der Waals surface area contributed by atoms with Crippen molar-refractivity contribution in [2.45, 2.75) is 32.9 Å². The number of pyridine rings is 1. The average molecular weight is 405 g/mol. The lowest BCUT2D eigenvalue weighted by atomic mass is 10.1. The minimum absolute atomic E-state index is 0.0873. The van der Waals surface area contributed by atoms with Gasteiger partial charge in [-0.3, -0.25) is 9.59 Å². The normalized spacial score (nSPS) is 15.5. The lowest BCUT2D eigenvalue weighted by Gasteiger charge is -2.11. The molecule has 1 atom stereocenters. The largest absolute Gasteiger partial charge is 0.352 e. The van der Waals surface area contributed by atoms with Gasteiger partial charge in [-0.05, 0) is 32.4 Å². The van der Waals surface area contributed by atoms with E-state index in [1.54, 1.807) is 33.7 Å². The summed E-state index contributed by atoms with van der Waals surface area (Å²) in [6.07, 6.45) is 12.3. The first-order valence-electron chi connectivity index (χ1n) is 9.86. The minimum Gasteiger partial charge on any atom is -0.352 e. The SMILES string of the molecule is CCNC(=O)c1cccn2cc(C(=O)NCc3nn(C4C=CC=CC4)nc3C)nc12. The van der Waals surface area contributed by atoms with Gasteiger partial charge in [-0.2, -0.15) is 15.0 Å². The zero-order chi connectivity index (χ0) is 21.1. The van der Waals surface area contributed by atoms with E-state index in [0.717, 1.165) is 12.1 Å². The summed E-state index contributed by atoms with van der Waals surface area (Å²) in [4.78, 5) is 30.9. The Hall–Kier alpha value is -3.75. The molecule has 0 saturated heterocycles. The molecule has 3 heterocycles. The fourth-order valence-electron chi connectivity index (χ4n) is 3.29. The monoisotopic (exact) mass is 405 g/mol. The predicted octanol–water partition coefficient (Wildman–Crippen LogP) is 1.97. The van der Waals surface area contributed by atoms with Gasteiger partial charge in [0.05, 0.1) is 23.8 Å². The van der Waals surface area contributed by atoms with Gasteiger partial charge >= 0.3 is 0 Å². The van der Waals surface area contributed by atoms with E-state index < -0.39 is 0 Å². The van der Waals surface area contributed by atoms with Gasteiger partial charge in [-0.25, -0.2) is 4.98 Å². The first kappa shape index (κ1) is 19.6. The Morgan fingerprint density at radius 1 is 1.20 bits per heavy atom. The zero-order valence-corrected chi connectivity index (χ0v) is 16.9. The van der Waals surface area contributed by atoms with Crippen LogP contribution >= 0.6 is 0 Å². The molecule has 3 aromatic rings. The van der Waals surface area contributed by atoms with E-state index in [0.29, 0.717) is 23.4 Å². The van der Waals surface area contributed by atoms with Gasteiger partial charge in [-0.15, -0.1) is 0 Å². The Kier molecular flexibility index (Phi) is 5.42. The first-order chi connectivity index (χ1) is 14.6. The topological polar surface area (TPSA) is 106 Å². The molecule has 1 aliphatic carbocycles. The number of hydrogen-bond donors (Lipinski definition) is 2. The van der Waals surface area contributed by atoms with Crippen LogP contribution in [0.3, 0.4) is 0 Å². The summed E-state index contributed by atoms with van der Waals surface area (Å²) in [5, 5.41) is 14.6. The van der Waals surface area contributed by atoms with Crippen LogP contribution < -0.4 is 10.6 Å². The third-order valence-corrected chi connectivity index (χ3v) is 4.86. The lowest BCUT2D eigenvalue weighted by Crippen LogP contribution is -2.24. The lowest BCUT2D eigenvalue weighted by molar-refractivity contribution is 0.0940.